The topological polar surface area (TPSA) is 39.3 Å². The number of urea groups is 1. The fourth-order valence-corrected chi connectivity index (χ4v) is 2.80. The van der Waals surface area contributed by atoms with Gasteiger partial charge in [0.2, 0.25) is 0 Å². The van der Waals surface area contributed by atoms with E-state index in [4.69, 9.17) is 4.74 Å². The maximum absolute atomic E-state index is 12.0. The third-order valence-electron chi connectivity index (χ3n) is 3.90. The molecule has 0 radical (unpaired) electrons. The van der Waals surface area contributed by atoms with Gasteiger partial charge in [-0.2, -0.15) is 0 Å². The molecule has 6 nitrogen and oxygen atoms in total. The Morgan fingerprint density at radius 1 is 1.26 bits per heavy atom. The standard InChI is InChI=1S/C13H26N4O2/c1-14(2)5-6-16-7-8-19-12-10-17(9-11(12)16)13(18)15(3)4/h11-12H,5-10H2,1-4H3/t11-,12+/m1/s1. The van der Waals surface area contributed by atoms with E-state index in [0.717, 1.165) is 39.3 Å². The first-order valence-corrected chi connectivity index (χ1v) is 6.95. The Kier molecular flexibility index (Phi) is 4.65. The molecule has 0 aliphatic carbocycles. The molecule has 0 unspecified atom stereocenters. The van der Waals surface area contributed by atoms with Crippen LogP contribution in [-0.2, 0) is 4.74 Å². The molecule has 0 aromatic carbocycles. The van der Waals surface area contributed by atoms with Crippen LogP contribution in [0, 0.1) is 0 Å². The van der Waals surface area contributed by atoms with E-state index in [-0.39, 0.29) is 12.1 Å². The fourth-order valence-electron chi connectivity index (χ4n) is 2.80. The van der Waals surface area contributed by atoms with Crippen molar-refractivity contribution in [2.24, 2.45) is 0 Å². The van der Waals surface area contributed by atoms with Crippen LogP contribution < -0.4 is 0 Å². The van der Waals surface area contributed by atoms with Crippen LogP contribution in [0.3, 0.4) is 0 Å². The summed E-state index contributed by atoms with van der Waals surface area (Å²) in [5.41, 5.74) is 0. The maximum atomic E-state index is 12.0. The van der Waals surface area contributed by atoms with Gasteiger partial charge < -0.3 is 19.4 Å². The molecule has 0 bridgehead atoms. The zero-order valence-electron chi connectivity index (χ0n) is 12.5. The van der Waals surface area contributed by atoms with E-state index in [2.05, 4.69) is 23.9 Å². The number of carbonyl (C=O) groups is 1. The SMILES string of the molecule is CN(C)CCN1CCO[C@H]2CN(C(=O)N(C)C)C[C@H]21. The fraction of sp³-hybridized carbons (Fsp3) is 0.923. The van der Waals surface area contributed by atoms with Crippen LogP contribution in [0.25, 0.3) is 0 Å². The van der Waals surface area contributed by atoms with E-state index < -0.39 is 0 Å². The summed E-state index contributed by atoms with van der Waals surface area (Å²) < 4.78 is 5.83. The first-order chi connectivity index (χ1) is 8.99. The number of hydrogen-bond acceptors (Lipinski definition) is 4. The van der Waals surface area contributed by atoms with Crippen LogP contribution in [0.2, 0.25) is 0 Å². The molecule has 110 valence electrons. The second-order valence-corrected chi connectivity index (χ2v) is 5.90. The molecule has 2 heterocycles. The number of morpholine rings is 1. The van der Waals surface area contributed by atoms with Crippen LogP contribution >= 0.6 is 0 Å². The Labute approximate surface area is 115 Å². The molecular formula is C13H26N4O2. The van der Waals surface area contributed by atoms with Crippen LogP contribution in [0.4, 0.5) is 4.79 Å². The average Bonchev–Trinajstić information content (AvgIpc) is 2.79. The zero-order chi connectivity index (χ0) is 14.0. The molecular weight excluding hydrogens is 244 g/mol. The summed E-state index contributed by atoms with van der Waals surface area (Å²) in [4.78, 5) is 20.2. The van der Waals surface area contributed by atoms with Gasteiger partial charge >= 0.3 is 6.03 Å². The van der Waals surface area contributed by atoms with Gasteiger partial charge in [-0.3, -0.25) is 4.90 Å². The third kappa shape index (κ3) is 3.38. The van der Waals surface area contributed by atoms with E-state index in [0.29, 0.717) is 6.04 Å². The second kappa shape index (κ2) is 6.07. The van der Waals surface area contributed by atoms with E-state index >= 15 is 0 Å². The maximum Gasteiger partial charge on any atom is 0.319 e. The van der Waals surface area contributed by atoms with Crippen molar-refractivity contribution in [2.75, 3.05) is 67.5 Å². The summed E-state index contributed by atoms with van der Waals surface area (Å²) in [6, 6.07) is 0.447. The van der Waals surface area contributed by atoms with Crippen LogP contribution in [0.5, 0.6) is 0 Å². The van der Waals surface area contributed by atoms with Gasteiger partial charge in [-0.05, 0) is 14.1 Å². The van der Waals surface area contributed by atoms with E-state index in [1.54, 1.807) is 19.0 Å². The lowest BCUT2D eigenvalue weighted by atomic mass is 10.1. The van der Waals surface area contributed by atoms with Crippen molar-refractivity contribution in [3.8, 4) is 0 Å². The number of amides is 2. The Hall–Kier alpha value is -0.850. The first kappa shape index (κ1) is 14.6. The summed E-state index contributed by atoms with van der Waals surface area (Å²) in [6.45, 7) is 5.35. The first-order valence-electron chi connectivity index (χ1n) is 6.95. The Balaban J connectivity index is 1.94. The largest absolute Gasteiger partial charge is 0.373 e. The van der Waals surface area contributed by atoms with Gasteiger partial charge in [0.15, 0.2) is 0 Å². The predicted octanol–water partition coefficient (Wildman–Crippen LogP) is -0.385. The molecule has 2 fully saturated rings. The molecule has 2 atom stereocenters. The molecule has 2 amide bonds. The average molecular weight is 270 g/mol. The monoisotopic (exact) mass is 270 g/mol. The minimum atomic E-state index is 0.0885. The van der Waals surface area contributed by atoms with Crippen molar-refractivity contribution in [2.45, 2.75) is 12.1 Å². The Morgan fingerprint density at radius 3 is 2.63 bits per heavy atom. The molecule has 2 saturated heterocycles. The van der Waals surface area contributed by atoms with Crippen molar-refractivity contribution in [1.82, 2.24) is 19.6 Å². The number of fused-ring (bicyclic) bond motifs is 1. The Bertz CT molecular complexity index is 322. The summed E-state index contributed by atoms with van der Waals surface area (Å²) in [7, 11) is 7.78. The van der Waals surface area contributed by atoms with Crippen LogP contribution in [0.15, 0.2) is 0 Å². The minimum Gasteiger partial charge on any atom is -0.373 e. The molecule has 2 aliphatic rings. The molecule has 0 aromatic heterocycles. The number of likely N-dealkylation sites (tertiary alicyclic amines) is 1. The van der Waals surface area contributed by atoms with Gasteiger partial charge in [0, 0.05) is 40.3 Å². The lowest BCUT2D eigenvalue weighted by Crippen LogP contribution is -2.52. The summed E-state index contributed by atoms with van der Waals surface area (Å²) in [6.07, 6.45) is 0.180. The summed E-state index contributed by atoms with van der Waals surface area (Å²) in [5.74, 6) is 0. The van der Waals surface area contributed by atoms with E-state index in [9.17, 15) is 4.79 Å². The van der Waals surface area contributed by atoms with Crippen molar-refractivity contribution in [3.63, 3.8) is 0 Å². The van der Waals surface area contributed by atoms with Gasteiger partial charge in [0.1, 0.15) is 0 Å². The van der Waals surface area contributed by atoms with Gasteiger partial charge in [-0.1, -0.05) is 0 Å². The third-order valence-corrected chi connectivity index (χ3v) is 3.90. The number of ether oxygens (including phenoxy) is 1. The molecule has 0 spiro atoms. The quantitative estimate of drug-likeness (QED) is 0.700. The molecule has 0 saturated carbocycles. The second-order valence-electron chi connectivity index (χ2n) is 5.90. The van der Waals surface area contributed by atoms with Gasteiger partial charge in [-0.15, -0.1) is 0 Å². The van der Waals surface area contributed by atoms with Crippen molar-refractivity contribution < 1.29 is 9.53 Å². The Morgan fingerprint density at radius 2 is 2.00 bits per heavy atom. The smallest absolute Gasteiger partial charge is 0.319 e. The van der Waals surface area contributed by atoms with E-state index in [1.807, 2.05) is 4.90 Å². The predicted molar refractivity (Wildman–Crippen MR) is 74.3 cm³/mol. The molecule has 0 N–H and O–H groups in total. The van der Waals surface area contributed by atoms with Crippen molar-refractivity contribution in [1.29, 1.82) is 0 Å². The van der Waals surface area contributed by atoms with Gasteiger partial charge in [0.05, 0.1) is 25.3 Å². The normalized spacial score (nSPS) is 27.7. The lowest BCUT2D eigenvalue weighted by Gasteiger charge is -2.37. The number of rotatable bonds is 3. The van der Waals surface area contributed by atoms with Crippen LogP contribution in [0.1, 0.15) is 0 Å². The molecule has 6 heteroatoms. The zero-order valence-corrected chi connectivity index (χ0v) is 12.5. The number of hydrogen-bond donors (Lipinski definition) is 0. The molecule has 2 rings (SSSR count). The molecule has 19 heavy (non-hydrogen) atoms. The van der Waals surface area contributed by atoms with Gasteiger partial charge in [0.25, 0.3) is 0 Å². The number of nitrogens with zero attached hydrogens (tertiary/aromatic N) is 4. The summed E-state index contributed by atoms with van der Waals surface area (Å²) in [5, 5.41) is 0. The van der Waals surface area contributed by atoms with Gasteiger partial charge in [-0.25, -0.2) is 4.79 Å². The highest BCUT2D eigenvalue weighted by Gasteiger charge is 2.41. The van der Waals surface area contributed by atoms with Crippen molar-refractivity contribution in [3.05, 3.63) is 0 Å². The summed E-state index contributed by atoms with van der Waals surface area (Å²) >= 11 is 0. The molecule has 2 aliphatic heterocycles. The number of likely N-dealkylation sites (N-methyl/N-ethyl adjacent to an activating group) is 1. The minimum absolute atomic E-state index is 0.0885. The lowest BCUT2D eigenvalue weighted by molar-refractivity contribution is -0.0482. The molecule has 0 aromatic rings. The van der Waals surface area contributed by atoms with E-state index in [1.165, 1.54) is 0 Å². The van der Waals surface area contributed by atoms with Crippen molar-refractivity contribution >= 4 is 6.03 Å². The highest BCUT2D eigenvalue weighted by Crippen LogP contribution is 2.23. The highest BCUT2D eigenvalue weighted by atomic mass is 16.5. The highest BCUT2D eigenvalue weighted by molar-refractivity contribution is 5.74. The van der Waals surface area contributed by atoms with Crippen LogP contribution in [-0.4, -0.2) is 105 Å². The number of carbonyl (C=O) groups excluding carboxylic acids is 1.